The summed E-state index contributed by atoms with van der Waals surface area (Å²) in [7, 11) is 1.74. The van der Waals surface area contributed by atoms with Crippen LogP contribution in [0.4, 0.5) is 5.82 Å². The summed E-state index contributed by atoms with van der Waals surface area (Å²) >= 11 is 0. The normalized spacial score (nSPS) is 28.9. The number of anilines is 1. The lowest BCUT2D eigenvalue weighted by molar-refractivity contribution is -0.124. The van der Waals surface area contributed by atoms with Crippen molar-refractivity contribution in [3.8, 4) is 17.0 Å². The smallest absolute Gasteiger partial charge is 0.231 e. The van der Waals surface area contributed by atoms with Crippen molar-refractivity contribution in [3.63, 3.8) is 0 Å². The summed E-state index contributed by atoms with van der Waals surface area (Å²) in [5.74, 6) is 3.20. The van der Waals surface area contributed by atoms with Crippen LogP contribution in [0.5, 0.6) is 5.75 Å². The molecule has 5 aliphatic rings. The summed E-state index contributed by atoms with van der Waals surface area (Å²) in [6.45, 7) is 2.83. The number of aliphatic hydroxyl groups is 1. The Hall–Kier alpha value is -3.19. The second-order valence-electron chi connectivity index (χ2n) is 13.7. The zero-order valence-corrected chi connectivity index (χ0v) is 25.0. The third kappa shape index (κ3) is 5.14. The van der Waals surface area contributed by atoms with Gasteiger partial charge in [0, 0.05) is 36.2 Å². The number of ether oxygens (including phenoxy) is 1. The first-order valence-corrected chi connectivity index (χ1v) is 15.9. The molecule has 1 N–H and O–H groups in total. The van der Waals surface area contributed by atoms with E-state index in [0.29, 0.717) is 31.1 Å². The lowest BCUT2D eigenvalue weighted by Gasteiger charge is -2.55. The van der Waals surface area contributed by atoms with Crippen LogP contribution in [0.25, 0.3) is 11.3 Å². The topological polar surface area (TPSA) is 88.7 Å². The first-order chi connectivity index (χ1) is 20.4. The van der Waals surface area contributed by atoms with Gasteiger partial charge < -0.3 is 14.4 Å². The molecule has 7 nitrogen and oxygen atoms in total. The number of aromatic nitrogens is 2. The standard InChI is InChI=1S/C35H43N3O4/c1-23-19-27(7-10-30(23)41-2)35-15-12-34(13-16-35,14-17-35)22-38(33(40)25-5-8-28(39)9-6-25)32-20-26(11-18-36-32)29-21-31(42-37-29)24-3-4-24/h7,10-11,18-21,24-25,28,39H,3-6,8-9,12-17,22H2,1-2H3. The van der Waals surface area contributed by atoms with E-state index in [9.17, 15) is 9.90 Å². The molecule has 0 radical (unpaired) electrons. The maximum atomic E-state index is 14.2. The zero-order chi connectivity index (χ0) is 28.9. The van der Waals surface area contributed by atoms with Gasteiger partial charge in [-0.3, -0.25) is 9.69 Å². The van der Waals surface area contributed by atoms with Crippen molar-refractivity contribution in [2.45, 2.75) is 101 Å². The molecule has 1 amide bonds. The second-order valence-corrected chi connectivity index (χ2v) is 13.7. The van der Waals surface area contributed by atoms with Crippen molar-refractivity contribution in [2.24, 2.45) is 11.3 Å². The molecular weight excluding hydrogens is 526 g/mol. The van der Waals surface area contributed by atoms with Crippen molar-refractivity contribution in [2.75, 3.05) is 18.6 Å². The van der Waals surface area contributed by atoms with E-state index >= 15 is 0 Å². The number of carbonyl (C=O) groups excluding carboxylic acids is 1. The molecule has 5 fully saturated rings. The number of rotatable bonds is 8. The molecule has 7 heteroatoms. The Kier molecular flexibility index (Phi) is 7.12. The molecule has 2 aromatic heterocycles. The molecule has 42 heavy (non-hydrogen) atoms. The molecule has 1 aromatic carbocycles. The molecule has 5 saturated carbocycles. The van der Waals surface area contributed by atoms with E-state index in [1.807, 2.05) is 23.1 Å². The first kappa shape index (κ1) is 27.6. The molecule has 2 heterocycles. The minimum absolute atomic E-state index is 0.0719. The van der Waals surface area contributed by atoms with Gasteiger partial charge in [0.25, 0.3) is 0 Å². The highest BCUT2D eigenvalue weighted by Crippen LogP contribution is 2.58. The Bertz CT molecular complexity index is 1430. The number of nitrogens with zero attached hydrogens (tertiary/aromatic N) is 3. The van der Waals surface area contributed by atoms with Crippen molar-refractivity contribution >= 4 is 11.7 Å². The average Bonchev–Trinajstić information content (AvgIpc) is 3.76. The van der Waals surface area contributed by atoms with Crippen LogP contribution in [0.3, 0.4) is 0 Å². The van der Waals surface area contributed by atoms with Gasteiger partial charge in [0.2, 0.25) is 5.91 Å². The van der Waals surface area contributed by atoms with Gasteiger partial charge in [0.15, 0.2) is 0 Å². The van der Waals surface area contributed by atoms with Crippen molar-refractivity contribution in [3.05, 3.63) is 59.5 Å². The fraction of sp³-hybridized carbons (Fsp3) is 0.571. The van der Waals surface area contributed by atoms with Gasteiger partial charge in [-0.1, -0.05) is 17.3 Å². The van der Waals surface area contributed by atoms with E-state index in [2.05, 4.69) is 30.3 Å². The predicted octanol–water partition coefficient (Wildman–Crippen LogP) is 7.11. The molecule has 5 aliphatic carbocycles. The third-order valence-electron chi connectivity index (χ3n) is 11.0. The number of amides is 1. The number of benzene rings is 1. The quantitative estimate of drug-likeness (QED) is 0.311. The van der Waals surface area contributed by atoms with Gasteiger partial charge in [0.05, 0.1) is 13.2 Å². The molecule has 2 bridgehead atoms. The number of methoxy groups -OCH3 is 1. The molecule has 8 rings (SSSR count). The maximum absolute atomic E-state index is 14.2. The van der Waals surface area contributed by atoms with Gasteiger partial charge >= 0.3 is 0 Å². The molecule has 0 unspecified atom stereocenters. The van der Waals surface area contributed by atoms with E-state index < -0.39 is 0 Å². The number of hydrogen-bond acceptors (Lipinski definition) is 6. The first-order valence-electron chi connectivity index (χ1n) is 15.9. The van der Waals surface area contributed by atoms with Gasteiger partial charge in [0.1, 0.15) is 23.0 Å². The van der Waals surface area contributed by atoms with E-state index in [4.69, 9.17) is 14.2 Å². The number of aryl methyl sites for hydroxylation is 1. The zero-order valence-electron chi connectivity index (χ0n) is 25.0. The summed E-state index contributed by atoms with van der Waals surface area (Å²) in [6.07, 6.45) is 13.5. The monoisotopic (exact) mass is 569 g/mol. The number of hydrogen-bond donors (Lipinski definition) is 1. The van der Waals surface area contributed by atoms with Crippen LogP contribution in [-0.4, -0.2) is 40.9 Å². The lowest BCUT2D eigenvalue weighted by atomic mass is 9.51. The SMILES string of the molecule is COc1ccc(C23CCC(CN(C(=O)C4CCC(O)CC4)c4cc(-c5cc(C6CC6)on5)ccn4)(CC2)CC3)cc1C. The molecule has 222 valence electrons. The highest BCUT2D eigenvalue weighted by Gasteiger charge is 2.50. The minimum atomic E-state index is -0.290. The van der Waals surface area contributed by atoms with Crippen LogP contribution < -0.4 is 9.64 Å². The number of pyridine rings is 1. The number of carbonyl (C=O) groups is 1. The Balaban J connectivity index is 1.15. The van der Waals surface area contributed by atoms with Gasteiger partial charge in [-0.15, -0.1) is 0 Å². The molecular formula is C35H43N3O4. The Labute approximate surface area is 248 Å². The fourth-order valence-electron chi connectivity index (χ4n) is 8.00. The summed E-state index contributed by atoms with van der Waals surface area (Å²) in [5.41, 5.74) is 4.70. The van der Waals surface area contributed by atoms with Gasteiger partial charge in [-0.05, 0) is 124 Å². The van der Waals surface area contributed by atoms with Crippen LogP contribution in [0.15, 0.2) is 47.1 Å². The maximum Gasteiger partial charge on any atom is 0.231 e. The molecule has 0 saturated heterocycles. The van der Waals surface area contributed by atoms with Crippen LogP contribution in [0, 0.1) is 18.3 Å². The molecule has 0 atom stereocenters. The Morgan fingerprint density at radius 2 is 1.74 bits per heavy atom. The Morgan fingerprint density at radius 3 is 2.40 bits per heavy atom. The second kappa shape index (κ2) is 10.8. The van der Waals surface area contributed by atoms with E-state index in [1.165, 1.54) is 11.1 Å². The third-order valence-corrected chi connectivity index (χ3v) is 11.0. The van der Waals surface area contributed by atoms with Gasteiger partial charge in [-0.25, -0.2) is 4.98 Å². The van der Waals surface area contributed by atoms with E-state index in [-0.39, 0.29) is 28.8 Å². The molecule has 0 aliphatic heterocycles. The number of fused-ring (bicyclic) bond motifs is 3. The molecule has 0 spiro atoms. The predicted molar refractivity (Wildman–Crippen MR) is 162 cm³/mol. The van der Waals surface area contributed by atoms with E-state index in [0.717, 1.165) is 87.0 Å². The van der Waals surface area contributed by atoms with Crippen LogP contribution in [0.1, 0.15) is 99.9 Å². The summed E-state index contributed by atoms with van der Waals surface area (Å²) in [4.78, 5) is 21.0. The minimum Gasteiger partial charge on any atom is -0.496 e. The largest absolute Gasteiger partial charge is 0.496 e. The van der Waals surface area contributed by atoms with Crippen molar-refractivity contribution in [1.29, 1.82) is 0 Å². The van der Waals surface area contributed by atoms with Crippen molar-refractivity contribution < 1.29 is 19.2 Å². The van der Waals surface area contributed by atoms with E-state index in [1.54, 1.807) is 13.3 Å². The summed E-state index contributed by atoms with van der Waals surface area (Å²) < 4.78 is 11.2. The Morgan fingerprint density at radius 1 is 1.00 bits per heavy atom. The van der Waals surface area contributed by atoms with Crippen molar-refractivity contribution in [1.82, 2.24) is 10.1 Å². The highest BCUT2D eigenvalue weighted by molar-refractivity contribution is 5.94. The lowest BCUT2D eigenvalue weighted by Crippen LogP contribution is -2.52. The summed E-state index contributed by atoms with van der Waals surface area (Å²) in [6, 6.07) is 12.8. The fourth-order valence-corrected chi connectivity index (χ4v) is 8.00. The number of aliphatic hydroxyl groups excluding tert-OH is 1. The van der Waals surface area contributed by atoms with Gasteiger partial charge in [-0.2, -0.15) is 0 Å². The van der Waals surface area contributed by atoms with Crippen LogP contribution in [0.2, 0.25) is 0 Å². The highest BCUT2D eigenvalue weighted by atomic mass is 16.5. The summed E-state index contributed by atoms with van der Waals surface area (Å²) in [5, 5.41) is 14.5. The van der Waals surface area contributed by atoms with Crippen LogP contribution in [-0.2, 0) is 10.2 Å². The molecule has 3 aromatic rings. The average molecular weight is 570 g/mol. The van der Waals surface area contributed by atoms with Crippen LogP contribution >= 0.6 is 0 Å².